The molecule has 2 rings (SSSR count). The van der Waals surface area contributed by atoms with Crippen molar-refractivity contribution in [2.75, 3.05) is 7.05 Å². The van der Waals surface area contributed by atoms with Crippen molar-refractivity contribution < 1.29 is 14.3 Å². The quantitative estimate of drug-likeness (QED) is 0.763. The minimum Gasteiger partial charge on any atom is -0.438 e. The molecule has 0 N–H and O–H groups in total. The molecule has 4 nitrogen and oxygen atoms in total. The number of benzene rings is 1. The molecule has 0 radical (unpaired) electrons. The molecule has 1 aromatic carbocycles. The van der Waals surface area contributed by atoms with Crippen LogP contribution < -0.4 is 0 Å². The van der Waals surface area contributed by atoms with Crippen LogP contribution in [0.25, 0.3) is 5.57 Å². The Morgan fingerprint density at radius 3 is 2.61 bits per heavy atom. The summed E-state index contributed by atoms with van der Waals surface area (Å²) in [6.07, 6.45) is 1.39. The zero-order valence-corrected chi connectivity index (χ0v) is 10.4. The molecular weight excluding hydrogens is 230 g/mol. The van der Waals surface area contributed by atoms with Crippen LogP contribution in [-0.2, 0) is 14.3 Å². The molecule has 1 aliphatic heterocycles. The second kappa shape index (κ2) is 5.04. The molecule has 1 unspecified atom stereocenters. The monoisotopic (exact) mass is 245 g/mol. The van der Waals surface area contributed by atoms with E-state index in [4.69, 9.17) is 4.74 Å². The Bertz CT molecular complexity index is 493. The van der Waals surface area contributed by atoms with Gasteiger partial charge in [-0.2, -0.15) is 0 Å². The number of esters is 1. The van der Waals surface area contributed by atoms with Crippen molar-refractivity contribution in [3.05, 3.63) is 42.0 Å². The lowest BCUT2D eigenvalue weighted by molar-refractivity contribution is -0.155. The molecule has 1 aromatic rings. The summed E-state index contributed by atoms with van der Waals surface area (Å²) in [5.41, 5.74) is 1.41. The number of amides is 1. The number of carbonyl (C=O) groups excluding carboxylic acids is 2. The highest BCUT2D eigenvalue weighted by atomic mass is 16.6. The van der Waals surface area contributed by atoms with Crippen molar-refractivity contribution >= 4 is 17.4 Å². The molecule has 1 amide bonds. The zero-order chi connectivity index (χ0) is 13.1. The zero-order valence-electron chi connectivity index (χ0n) is 10.4. The van der Waals surface area contributed by atoms with Crippen molar-refractivity contribution in [2.45, 2.75) is 19.6 Å². The second-order valence-electron chi connectivity index (χ2n) is 4.10. The first kappa shape index (κ1) is 12.4. The molecule has 0 saturated carbocycles. The molecule has 0 aliphatic carbocycles. The van der Waals surface area contributed by atoms with Crippen molar-refractivity contribution in [2.24, 2.45) is 0 Å². The molecule has 0 bridgehead atoms. The fourth-order valence-corrected chi connectivity index (χ4v) is 1.80. The fraction of sp³-hybridized carbons (Fsp3) is 0.286. The molecule has 0 fully saturated rings. The average Bonchev–Trinajstić information content (AvgIpc) is 2.68. The van der Waals surface area contributed by atoms with Crippen LogP contribution in [0.4, 0.5) is 0 Å². The summed E-state index contributed by atoms with van der Waals surface area (Å²) in [5, 5.41) is 0. The SMILES string of the molecule is CCC(=O)OC1C=C(c2ccccc2)C(=O)N1C. The van der Waals surface area contributed by atoms with Gasteiger partial charge in [0.25, 0.3) is 5.91 Å². The van der Waals surface area contributed by atoms with E-state index in [2.05, 4.69) is 0 Å². The van der Waals surface area contributed by atoms with Crippen molar-refractivity contribution in [3.8, 4) is 0 Å². The summed E-state index contributed by atoms with van der Waals surface area (Å²) in [6.45, 7) is 1.72. The molecule has 0 aromatic heterocycles. The van der Waals surface area contributed by atoms with E-state index in [-0.39, 0.29) is 11.9 Å². The molecular formula is C14H15NO3. The van der Waals surface area contributed by atoms with Crippen LogP contribution in [0.2, 0.25) is 0 Å². The molecule has 1 heterocycles. The van der Waals surface area contributed by atoms with E-state index < -0.39 is 6.23 Å². The van der Waals surface area contributed by atoms with Crippen LogP contribution in [0.1, 0.15) is 18.9 Å². The van der Waals surface area contributed by atoms with Gasteiger partial charge in [0.15, 0.2) is 6.23 Å². The Morgan fingerprint density at radius 2 is 2.00 bits per heavy atom. The molecule has 0 spiro atoms. The maximum absolute atomic E-state index is 12.1. The third-order valence-electron chi connectivity index (χ3n) is 2.87. The van der Waals surface area contributed by atoms with Gasteiger partial charge in [-0.1, -0.05) is 37.3 Å². The molecule has 18 heavy (non-hydrogen) atoms. The van der Waals surface area contributed by atoms with Crippen LogP contribution >= 0.6 is 0 Å². The van der Waals surface area contributed by atoms with E-state index in [1.54, 1.807) is 20.0 Å². The molecule has 1 aliphatic rings. The summed E-state index contributed by atoms with van der Waals surface area (Å²) in [7, 11) is 1.63. The maximum Gasteiger partial charge on any atom is 0.307 e. The van der Waals surface area contributed by atoms with Gasteiger partial charge in [0, 0.05) is 19.0 Å². The van der Waals surface area contributed by atoms with Crippen LogP contribution in [0, 0.1) is 0 Å². The predicted molar refractivity (Wildman–Crippen MR) is 67.4 cm³/mol. The number of hydrogen-bond donors (Lipinski definition) is 0. The largest absolute Gasteiger partial charge is 0.438 e. The number of hydrogen-bond acceptors (Lipinski definition) is 3. The van der Waals surface area contributed by atoms with E-state index in [0.29, 0.717) is 12.0 Å². The minimum atomic E-state index is -0.597. The average molecular weight is 245 g/mol. The lowest BCUT2D eigenvalue weighted by atomic mass is 10.1. The Balaban J connectivity index is 2.24. The van der Waals surface area contributed by atoms with Gasteiger partial charge in [0.2, 0.25) is 0 Å². The van der Waals surface area contributed by atoms with Gasteiger partial charge >= 0.3 is 5.97 Å². The van der Waals surface area contributed by atoms with Gasteiger partial charge in [0.05, 0.1) is 0 Å². The molecule has 94 valence electrons. The minimum absolute atomic E-state index is 0.130. The van der Waals surface area contributed by atoms with Gasteiger partial charge in [-0.25, -0.2) is 0 Å². The Hall–Kier alpha value is -2.10. The first-order valence-electron chi connectivity index (χ1n) is 5.87. The first-order chi connectivity index (χ1) is 8.63. The predicted octanol–water partition coefficient (Wildman–Crippen LogP) is 1.82. The van der Waals surface area contributed by atoms with Crippen LogP contribution in [0.15, 0.2) is 36.4 Å². The lowest BCUT2D eigenvalue weighted by Crippen LogP contribution is -2.33. The summed E-state index contributed by atoms with van der Waals surface area (Å²) < 4.78 is 5.18. The van der Waals surface area contributed by atoms with Gasteiger partial charge in [-0.05, 0) is 11.6 Å². The second-order valence-corrected chi connectivity index (χ2v) is 4.10. The number of likely N-dealkylation sites (N-methyl/N-ethyl adjacent to an activating group) is 1. The van der Waals surface area contributed by atoms with Gasteiger partial charge in [0.1, 0.15) is 0 Å². The normalized spacial score (nSPS) is 18.8. The number of ether oxygens (including phenoxy) is 1. The Morgan fingerprint density at radius 1 is 1.33 bits per heavy atom. The highest BCUT2D eigenvalue weighted by Crippen LogP contribution is 2.25. The number of carbonyl (C=O) groups is 2. The Kier molecular flexibility index (Phi) is 3.46. The summed E-state index contributed by atoms with van der Waals surface area (Å²) in [6, 6.07) is 9.36. The molecule has 1 atom stereocenters. The van der Waals surface area contributed by atoms with Crippen molar-refractivity contribution in [1.29, 1.82) is 0 Å². The van der Waals surface area contributed by atoms with Crippen molar-refractivity contribution in [3.63, 3.8) is 0 Å². The van der Waals surface area contributed by atoms with Gasteiger partial charge in [-0.3, -0.25) is 9.59 Å². The number of nitrogens with zero attached hydrogens (tertiary/aromatic N) is 1. The highest BCUT2D eigenvalue weighted by molar-refractivity contribution is 6.21. The van der Waals surface area contributed by atoms with Crippen molar-refractivity contribution in [1.82, 2.24) is 4.90 Å². The highest BCUT2D eigenvalue weighted by Gasteiger charge is 2.32. The van der Waals surface area contributed by atoms with E-state index in [1.165, 1.54) is 4.90 Å². The topological polar surface area (TPSA) is 46.6 Å². The van der Waals surface area contributed by atoms with Crippen LogP contribution in [0.3, 0.4) is 0 Å². The number of rotatable bonds is 3. The van der Waals surface area contributed by atoms with Crippen LogP contribution in [-0.4, -0.2) is 30.1 Å². The van der Waals surface area contributed by atoms with E-state index in [0.717, 1.165) is 5.56 Å². The third-order valence-corrected chi connectivity index (χ3v) is 2.87. The Labute approximate surface area is 106 Å². The maximum atomic E-state index is 12.1. The third kappa shape index (κ3) is 2.27. The van der Waals surface area contributed by atoms with Gasteiger partial charge < -0.3 is 9.64 Å². The summed E-state index contributed by atoms with van der Waals surface area (Å²) in [5.74, 6) is -0.444. The molecule has 4 heteroatoms. The van der Waals surface area contributed by atoms with Gasteiger partial charge in [-0.15, -0.1) is 0 Å². The van der Waals surface area contributed by atoms with E-state index in [9.17, 15) is 9.59 Å². The van der Waals surface area contributed by atoms with E-state index in [1.807, 2.05) is 30.3 Å². The lowest BCUT2D eigenvalue weighted by Gasteiger charge is -2.19. The molecule has 0 saturated heterocycles. The summed E-state index contributed by atoms with van der Waals surface area (Å²) in [4.78, 5) is 24.8. The summed E-state index contributed by atoms with van der Waals surface area (Å²) >= 11 is 0. The smallest absolute Gasteiger partial charge is 0.307 e. The standard InChI is InChI=1S/C14H15NO3/c1-3-13(16)18-12-9-11(14(17)15(12)2)10-7-5-4-6-8-10/h4-9,12H,3H2,1-2H3. The van der Waals surface area contributed by atoms with E-state index >= 15 is 0 Å². The first-order valence-corrected chi connectivity index (χ1v) is 5.87. The van der Waals surface area contributed by atoms with Crippen LogP contribution in [0.5, 0.6) is 0 Å². The fourth-order valence-electron chi connectivity index (χ4n) is 1.80.